The number of rotatable bonds is 4. The fourth-order valence-electron chi connectivity index (χ4n) is 1.66. The van der Waals surface area contributed by atoms with Gasteiger partial charge in [0.1, 0.15) is 6.54 Å². The van der Waals surface area contributed by atoms with Crippen LogP contribution in [0.3, 0.4) is 0 Å². The van der Waals surface area contributed by atoms with Crippen LogP contribution in [0.25, 0.3) is 0 Å². The van der Waals surface area contributed by atoms with E-state index in [-0.39, 0.29) is 0 Å². The summed E-state index contributed by atoms with van der Waals surface area (Å²) in [5, 5.41) is 8.63. The van der Waals surface area contributed by atoms with Crippen molar-refractivity contribution in [1.29, 1.82) is 0 Å². The van der Waals surface area contributed by atoms with Gasteiger partial charge in [-0.05, 0) is 25.0 Å². The molecular weight excluding hydrogens is 267 g/mol. The molecule has 104 valence electrons. The standard InChI is InChI=1S/C11H10F3NO4/c12-11(13,14)5-15(6-1-2-6)9(16)7-3-4-8(19-7)10(17)18/h3-4,6H,1-2,5H2,(H,17,18). The van der Waals surface area contributed by atoms with E-state index >= 15 is 0 Å². The van der Waals surface area contributed by atoms with E-state index in [1.54, 1.807) is 0 Å². The summed E-state index contributed by atoms with van der Waals surface area (Å²) in [6.45, 7) is -1.36. The lowest BCUT2D eigenvalue weighted by Gasteiger charge is -2.22. The largest absolute Gasteiger partial charge is 0.475 e. The van der Waals surface area contributed by atoms with Gasteiger partial charge in [0.15, 0.2) is 5.76 Å². The summed E-state index contributed by atoms with van der Waals surface area (Å²) in [6, 6.07) is 1.65. The number of carboxylic acids is 1. The molecule has 0 saturated heterocycles. The van der Waals surface area contributed by atoms with Crippen molar-refractivity contribution in [2.45, 2.75) is 25.1 Å². The SMILES string of the molecule is O=C(O)c1ccc(C(=O)N(CC(F)(F)F)C2CC2)o1. The van der Waals surface area contributed by atoms with Crippen LogP contribution >= 0.6 is 0 Å². The molecule has 0 atom stereocenters. The highest BCUT2D eigenvalue weighted by Gasteiger charge is 2.41. The predicted octanol–water partition coefficient (Wildman–Crippen LogP) is 2.14. The first-order valence-electron chi connectivity index (χ1n) is 5.49. The van der Waals surface area contributed by atoms with Crippen molar-refractivity contribution in [1.82, 2.24) is 4.90 Å². The van der Waals surface area contributed by atoms with Gasteiger partial charge in [0.2, 0.25) is 5.76 Å². The molecule has 8 heteroatoms. The Morgan fingerprint density at radius 3 is 2.32 bits per heavy atom. The van der Waals surface area contributed by atoms with Crippen molar-refractivity contribution in [3.63, 3.8) is 0 Å². The van der Waals surface area contributed by atoms with Crippen LogP contribution in [0.1, 0.15) is 34.0 Å². The zero-order chi connectivity index (χ0) is 14.2. The second-order valence-corrected chi connectivity index (χ2v) is 4.25. The number of hydrogen-bond donors (Lipinski definition) is 1. The molecule has 1 saturated carbocycles. The topological polar surface area (TPSA) is 70.8 Å². The number of alkyl halides is 3. The van der Waals surface area contributed by atoms with Crippen LogP contribution in [0.5, 0.6) is 0 Å². The Kier molecular flexibility index (Phi) is 3.25. The molecule has 0 aliphatic heterocycles. The average molecular weight is 277 g/mol. The number of halogens is 3. The smallest absolute Gasteiger partial charge is 0.406 e. The number of carboxylic acid groups (broad SMARTS) is 1. The van der Waals surface area contributed by atoms with E-state index in [0.717, 1.165) is 12.1 Å². The molecule has 0 bridgehead atoms. The van der Waals surface area contributed by atoms with Gasteiger partial charge >= 0.3 is 12.1 Å². The second-order valence-electron chi connectivity index (χ2n) is 4.25. The van der Waals surface area contributed by atoms with Crippen molar-refractivity contribution < 1.29 is 32.3 Å². The first-order chi connectivity index (χ1) is 8.78. The number of nitrogens with zero attached hydrogens (tertiary/aromatic N) is 1. The van der Waals surface area contributed by atoms with E-state index < -0.39 is 42.2 Å². The number of furan rings is 1. The quantitative estimate of drug-likeness (QED) is 0.915. The Labute approximate surface area is 105 Å². The van der Waals surface area contributed by atoms with Gasteiger partial charge < -0.3 is 14.4 Å². The van der Waals surface area contributed by atoms with E-state index in [1.807, 2.05) is 0 Å². The number of amides is 1. The van der Waals surface area contributed by atoms with Crippen molar-refractivity contribution in [3.8, 4) is 0 Å². The van der Waals surface area contributed by atoms with Crippen LogP contribution in [-0.2, 0) is 0 Å². The lowest BCUT2D eigenvalue weighted by atomic mass is 10.3. The normalized spacial score (nSPS) is 15.3. The van der Waals surface area contributed by atoms with E-state index in [1.165, 1.54) is 0 Å². The molecule has 1 fully saturated rings. The molecule has 1 aliphatic rings. The molecule has 1 aromatic rings. The maximum atomic E-state index is 12.4. The molecule has 0 unspecified atom stereocenters. The zero-order valence-corrected chi connectivity index (χ0v) is 9.61. The Bertz CT molecular complexity index is 504. The molecule has 1 N–H and O–H groups in total. The number of hydrogen-bond acceptors (Lipinski definition) is 3. The molecule has 2 rings (SSSR count). The maximum absolute atomic E-state index is 12.4. The van der Waals surface area contributed by atoms with Crippen LogP contribution in [0, 0.1) is 0 Å². The lowest BCUT2D eigenvalue weighted by Crippen LogP contribution is -2.40. The molecule has 0 spiro atoms. The highest BCUT2D eigenvalue weighted by molar-refractivity contribution is 5.93. The maximum Gasteiger partial charge on any atom is 0.406 e. The molecule has 5 nitrogen and oxygen atoms in total. The molecule has 0 aromatic carbocycles. The minimum atomic E-state index is -4.50. The van der Waals surface area contributed by atoms with Crippen LogP contribution < -0.4 is 0 Å². The Balaban J connectivity index is 2.16. The lowest BCUT2D eigenvalue weighted by molar-refractivity contribution is -0.141. The van der Waals surface area contributed by atoms with Gasteiger partial charge in [-0.2, -0.15) is 13.2 Å². The first kappa shape index (κ1) is 13.4. The predicted molar refractivity (Wildman–Crippen MR) is 55.8 cm³/mol. The van der Waals surface area contributed by atoms with E-state index in [2.05, 4.69) is 0 Å². The minimum absolute atomic E-state index is 0.395. The van der Waals surface area contributed by atoms with Crippen LogP contribution in [0.4, 0.5) is 13.2 Å². The monoisotopic (exact) mass is 277 g/mol. The van der Waals surface area contributed by atoms with Crippen LogP contribution in [-0.4, -0.2) is 40.6 Å². The fourth-order valence-corrected chi connectivity index (χ4v) is 1.66. The third-order valence-electron chi connectivity index (χ3n) is 2.63. The van der Waals surface area contributed by atoms with Crippen molar-refractivity contribution in [2.75, 3.05) is 6.54 Å². The molecule has 1 aromatic heterocycles. The van der Waals surface area contributed by atoms with E-state index in [9.17, 15) is 22.8 Å². The van der Waals surface area contributed by atoms with Gasteiger partial charge in [-0.25, -0.2) is 4.79 Å². The molecule has 1 heterocycles. The van der Waals surface area contributed by atoms with Crippen molar-refractivity contribution >= 4 is 11.9 Å². The summed E-state index contributed by atoms with van der Waals surface area (Å²) in [5.41, 5.74) is 0. The highest BCUT2D eigenvalue weighted by atomic mass is 19.4. The van der Waals surface area contributed by atoms with E-state index in [0.29, 0.717) is 17.7 Å². The number of aromatic carboxylic acids is 1. The Morgan fingerprint density at radius 2 is 1.89 bits per heavy atom. The van der Waals surface area contributed by atoms with E-state index in [4.69, 9.17) is 9.52 Å². The molecule has 1 aliphatic carbocycles. The molecule has 0 radical (unpaired) electrons. The summed E-state index contributed by atoms with van der Waals surface area (Å²) < 4.78 is 41.9. The van der Waals surface area contributed by atoms with Gasteiger partial charge in [0.25, 0.3) is 5.91 Å². The summed E-state index contributed by atoms with van der Waals surface area (Å²) >= 11 is 0. The second kappa shape index (κ2) is 4.60. The average Bonchev–Trinajstić information content (AvgIpc) is 3.00. The summed E-state index contributed by atoms with van der Waals surface area (Å²) in [6.07, 6.45) is -3.48. The fraction of sp³-hybridized carbons (Fsp3) is 0.455. The summed E-state index contributed by atoms with van der Waals surface area (Å²) in [5.74, 6) is -3.19. The first-order valence-corrected chi connectivity index (χ1v) is 5.49. The Morgan fingerprint density at radius 1 is 1.32 bits per heavy atom. The third-order valence-corrected chi connectivity index (χ3v) is 2.63. The van der Waals surface area contributed by atoms with Crippen LogP contribution in [0.2, 0.25) is 0 Å². The van der Waals surface area contributed by atoms with Crippen molar-refractivity contribution in [3.05, 3.63) is 23.7 Å². The third kappa shape index (κ3) is 3.27. The van der Waals surface area contributed by atoms with Gasteiger partial charge in [-0.1, -0.05) is 0 Å². The summed E-state index contributed by atoms with van der Waals surface area (Å²) in [4.78, 5) is 23.1. The molecule has 1 amide bonds. The van der Waals surface area contributed by atoms with Gasteiger partial charge in [0, 0.05) is 6.04 Å². The number of carbonyl (C=O) groups excluding carboxylic acids is 1. The minimum Gasteiger partial charge on any atom is -0.475 e. The van der Waals surface area contributed by atoms with Gasteiger partial charge in [0.05, 0.1) is 0 Å². The van der Waals surface area contributed by atoms with Crippen molar-refractivity contribution in [2.24, 2.45) is 0 Å². The van der Waals surface area contributed by atoms with Crippen LogP contribution in [0.15, 0.2) is 16.5 Å². The van der Waals surface area contributed by atoms with Gasteiger partial charge in [-0.15, -0.1) is 0 Å². The number of carbonyl (C=O) groups is 2. The molecular formula is C11H10F3NO4. The summed E-state index contributed by atoms with van der Waals surface area (Å²) in [7, 11) is 0. The zero-order valence-electron chi connectivity index (χ0n) is 9.61. The molecule has 19 heavy (non-hydrogen) atoms. The Hall–Kier alpha value is -1.99. The van der Waals surface area contributed by atoms with Gasteiger partial charge in [-0.3, -0.25) is 4.79 Å². The highest BCUT2D eigenvalue weighted by Crippen LogP contribution is 2.31.